The molecule has 0 bridgehead atoms. The molecular weight excluding hydrogens is 451 g/mol. The maximum Gasteiger partial charge on any atom is 0.344 e. The molecule has 170 valence electrons. The Labute approximate surface area is 193 Å². The first-order valence-electron chi connectivity index (χ1n) is 10.3. The lowest BCUT2D eigenvalue weighted by atomic mass is 10.0. The summed E-state index contributed by atoms with van der Waals surface area (Å²) in [6.07, 6.45) is 0.386. The van der Waals surface area contributed by atoms with E-state index in [1.807, 2.05) is 13.0 Å². The number of nitrogens with zero attached hydrogens (tertiary/aromatic N) is 2. The Kier molecular flexibility index (Phi) is 6.46. The Morgan fingerprint density at radius 1 is 1.21 bits per heavy atom. The molecule has 0 aliphatic heterocycles. The van der Waals surface area contributed by atoms with Gasteiger partial charge in [0, 0.05) is 11.6 Å². The van der Waals surface area contributed by atoms with E-state index in [4.69, 9.17) is 30.7 Å². The van der Waals surface area contributed by atoms with Crippen LogP contribution in [0.1, 0.15) is 26.0 Å². The monoisotopic (exact) mass is 470 g/mol. The lowest BCUT2D eigenvalue weighted by Crippen LogP contribution is -2.22. The Bertz CT molecular complexity index is 1310. The average molecular weight is 471 g/mol. The van der Waals surface area contributed by atoms with E-state index < -0.39 is 12.1 Å². The number of aliphatic carboxylic acids is 1. The highest BCUT2D eigenvalue weighted by molar-refractivity contribution is 6.33. The number of carbonyl (C=O) groups is 1. The maximum atomic E-state index is 13.2. The van der Waals surface area contributed by atoms with E-state index in [1.54, 1.807) is 18.2 Å². The summed E-state index contributed by atoms with van der Waals surface area (Å²) in [5.41, 5.74) is 1.94. The second kappa shape index (κ2) is 9.46. The fraction of sp³-hybridized carbons (Fsp3) is 0.208. The number of carboxylic acid groups (broad SMARTS) is 1. The average Bonchev–Trinajstić information content (AvgIpc) is 3.18. The Balaban J connectivity index is 1.73. The molecule has 1 atom stereocenters. The van der Waals surface area contributed by atoms with Crippen LogP contribution < -0.4 is 9.47 Å². The van der Waals surface area contributed by atoms with Gasteiger partial charge in [-0.3, -0.25) is 0 Å². The molecule has 0 unspecified atom stereocenters. The van der Waals surface area contributed by atoms with Crippen molar-refractivity contribution in [1.29, 1.82) is 0 Å². The number of aromatic nitrogens is 2. The number of ether oxygens (including phenoxy) is 2. The standard InChI is InChI=1S/C24H20ClFN2O5/c1-3-4-19-16(9-10-22(27-19)32-15-7-5-14(26)6-8-15)23-17-11-21(31-13(2)24(29)30)18(25)12-20(17)28-33-23/h5-13H,3-4H2,1-2H3,(H,29,30)/t13-/m0/s1. The molecule has 0 fully saturated rings. The predicted molar refractivity (Wildman–Crippen MR) is 120 cm³/mol. The van der Waals surface area contributed by atoms with Crippen molar-refractivity contribution in [3.05, 3.63) is 65.1 Å². The zero-order valence-electron chi connectivity index (χ0n) is 17.8. The number of pyridine rings is 1. The number of halogens is 2. The smallest absolute Gasteiger partial charge is 0.344 e. The summed E-state index contributed by atoms with van der Waals surface area (Å²) < 4.78 is 30.0. The molecule has 7 nitrogen and oxygen atoms in total. The maximum absolute atomic E-state index is 13.2. The van der Waals surface area contributed by atoms with Crippen LogP contribution in [0.4, 0.5) is 4.39 Å². The summed E-state index contributed by atoms with van der Waals surface area (Å²) in [6.45, 7) is 3.44. The number of benzene rings is 2. The molecule has 0 radical (unpaired) electrons. The van der Waals surface area contributed by atoms with Crippen molar-refractivity contribution in [2.75, 3.05) is 0 Å². The van der Waals surface area contributed by atoms with Gasteiger partial charge in [-0.1, -0.05) is 30.1 Å². The number of rotatable bonds is 8. The molecule has 2 heterocycles. The van der Waals surface area contributed by atoms with Gasteiger partial charge in [0.1, 0.15) is 22.8 Å². The molecule has 4 aromatic rings. The molecule has 0 spiro atoms. The van der Waals surface area contributed by atoms with Crippen LogP contribution in [-0.4, -0.2) is 27.3 Å². The van der Waals surface area contributed by atoms with Crippen LogP contribution in [0.5, 0.6) is 17.4 Å². The predicted octanol–water partition coefficient (Wildman–Crippen LogP) is 6.28. The van der Waals surface area contributed by atoms with Crippen LogP contribution >= 0.6 is 11.6 Å². The van der Waals surface area contributed by atoms with Crippen molar-refractivity contribution in [2.45, 2.75) is 32.8 Å². The van der Waals surface area contributed by atoms with Crippen LogP contribution in [0.3, 0.4) is 0 Å². The normalized spacial score (nSPS) is 12.0. The first-order chi connectivity index (χ1) is 15.9. The molecule has 1 N–H and O–H groups in total. The van der Waals surface area contributed by atoms with E-state index >= 15 is 0 Å². The Hall–Kier alpha value is -3.65. The van der Waals surface area contributed by atoms with Crippen molar-refractivity contribution in [1.82, 2.24) is 10.1 Å². The minimum Gasteiger partial charge on any atom is -0.479 e. The van der Waals surface area contributed by atoms with E-state index in [2.05, 4.69) is 10.1 Å². The third kappa shape index (κ3) is 4.90. The molecule has 33 heavy (non-hydrogen) atoms. The van der Waals surface area contributed by atoms with Gasteiger partial charge in [-0.05, 0) is 55.8 Å². The quantitative estimate of drug-likeness (QED) is 0.324. The van der Waals surface area contributed by atoms with Gasteiger partial charge in [0.15, 0.2) is 11.9 Å². The topological polar surface area (TPSA) is 94.7 Å². The first kappa shape index (κ1) is 22.5. The largest absolute Gasteiger partial charge is 0.479 e. The van der Waals surface area contributed by atoms with Gasteiger partial charge in [0.05, 0.1) is 16.1 Å². The molecule has 2 aromatic carbocycles. The number of hydrogen-bond acceptors (Lipinski definition) is 6. The van der Waals surface area contributed by atoms with Gasteiger partial charge in [0.25, 0.3) is 0 Å². The molecular formula is C24H20ClFN2O5. The van der Waals surface area contributed by atoms with Gasteiger partial charge >= 0.3 is 5.97 Å². The highest BCUT2D eigenvalue weighted by atomic mass is 35.5. The Morgan fingerprint density at radius 3 is 2.67 bits per heavy atom. The van der Waals surface area contributed by atoms with Gasteiger partial charge in [-0.15, -0.1) is 0 Å². The summed E-state index contributed by atoms with van der Waals surface area (Å²) in [7, 11) is 0. The second-order valence-electron chi connectivity index (χ2n) is 7.36. The second-order valence-corrected chi connectivity index (χ2v) is 7.77. The van der Waals surface area contributed by atoms with E-state index in [9.17, 15) is 9.18 Å². The highest BCUT2D eigenvalue weighted by Crippen LogP contribution is 2.38. The number of carboxylic acids is 1. The summed E-state index contributed by atoms with van der Waals surface area (Å²) in [5.74, 6) is 0.0374. The third-order valence-electron chi connectivity index (χ3n) is 4.90. The third-order valence-corrected chi connectivity index (χ3v) is 5.19. The van der Waals surface area contributed by atoms with Gasteiger partial charge in [-0.25, -0.2) is 14.2 Å². The van der Waals surface area contributed by atoms with Crippen molar-refractivity contribution >= 4 is 28.5 Å². The number of aryl methyl sites for hydroxylation is 1. The van der Waals surface area contributed by atoms with Crippen LogP contribution in [0.25, 0.3) is 22.2 Å². The molecule has 0 amide bonds. The zero-order valence-corrected chi connectivity index (χ0v) is 18.6. The molecule has 0 saturated heterocycles. The molecule has 9 heteroatoms. The lowest BCUT2D eigenvalue weighted by Gasteiger charge is -2.12. The fourth-order valence-corrected chi connectivity index (χ4v) is 3.47. The van der Waals surface area contributed by atoms with Crippen LogP contribution in [-0.2, 0) is 11.2 Å². The molecule has 4 rings (SSSR count). The molecule has 2 aromatic heterocycles. The summed E-state index contributed by atoms with van der Waals surface area (Å²) in [5, 5.41) is 14.1. The summed E-state index contributed by atoms with van der Waals surface area (Å²) in [6, 6.07) is 12.3. The summed E-state index contributed by atoms with van der Waals surface area (Å²) in [4.78, 5) is 15.8. The fourth-order valence-electron chi connectivity index (χ4n) is 3.27. The van der Waals surface area contributed by atoms with Crippen molar-refractivity contribution < 1.29 is 28.3 Å². The summed E-state index contributed by atoms with van der Waals surface area (Å²) >= 11 is 6.24. The lowest BCUT2D eigenvalue weighted by molar-refractivity contribution is -0.144. The van der Waals surface area contributed by atoms with Crippen molar-refractivity contribution in [2.24, 2.45) is 0 Å². The van der Waals surface area contributed by atoms with Gasteiger partial charge in [-0.2, -0.15) is 0 Å². The molecule has 0 aliphatic rings. The Morgan fingerprint density at radius 2 is 1.97 bits per heavy atom. The minimum atomic E-state index is -1.11. The van der Waals surface area contributed by atoms with E-state index in [-0.39, 0.29) is 16.6 Å². The van der Waals surface area contributed by atoms with Gasteiger partial charge < -0.3 is 19.1 Å². The zero-order chi connectivity index (χ0) is 23.5. The van der Waals surface area contributed by atoms with Crippen LogP contribution in [0, 0.1) is 5.82 Å². The first-order valence-corrected chi connectivity index (χ1v) is 10.7. The minimum absolute atomic E-state index is 0.213. The highest BCUT2D eigenvalue weighted by Gasteiger charge is 2.21. The molecule has 0 saturated carbocycles. The SMILES string of the molecule is CCCc1nc(Oc2ccc(F)cc2)ccc1-c1onc2cc(Cl)c(O[C@@H](C)C(=O)O)cc12. The van der Waals surface area contributed by atoms with Crippen molar-refractivity contribution in [3.63, 3.8) is 0 Å². The molecule has 0 aliphatic carbocycles. The van der Waals surface area contributed by atoms with E-state index in [0.29, 0.717) is 40.3 Å². The van der Waals surface area contributed by atoms with E-state index in [0.717, 1.165) is 12.1 Å². The van der Waals surface area contributed by atoms with E-state index in [1.165, 1.54) is 31.2 Å². The number of hydrogen-bond donors (Lipinski definition) is 1. The van der Waals surface area contributed by atoms with Gasteiger partial charge in [0.2, 0.25) is 5.88 Å². The van der Waals surface area contributed by atoms with Crippen LogP contribution in [0.2, 0.25) is 5.02 Å². The van der Waals surface area contributed by atoms with Crippen molar-refractivity contribution in [3.8, 4) is 28.7 Å². The number of fused-ring (bicyclic) bond motifs is 1. The van der Waals surface area contributed by atoms with Crippen LogP contribution in [0.15, 0.2) is 53.1 Å².